The average molecular weight is 308 g/mol. The molecule has 4 fully saturated rings. The van der Waals surface area contributed by atoms with Gasteiger partial charge >= 0.3 is 11.9 Å². The highest BCUT2D eigenvalue weighted by atomic mass is 16.4. The minimum absolute atomic E-state index is 0.0356. The van der Waals surface area contributed by atoms with Gasteiger partial charge in [0.05, 0.1) is 5.92 Å². The molecule has 6 nitrogen and oxygen atoms in total. The summed E-state index contributed by atoms with van der Waals surface area (Å²) in [5, 5.41) is 18.9. The number of aliphatic carboxylic acids is 2. The van der Waals surface area contributed by atoms with Gasteiger partial charge in [0, 0.05) is 25.0 Å². The Balaban J connectivity index is 1.56. The van der Waals surface area contributed by atoms with Crippen LogP contribution in [0, 0.1) is 29.6 Å². The number of nitrogens with zero attached hydrogens (tertiary/aromatic N) is 1. The van der Waals surface area contributed by atoms with E-state index in [1.807, 2.05) is 0 Å². The lowest BCUT2D eigenvalue weighted by Gasteiger charge is -2.33. The highest BCUT2D eigenvalue weighted by molar-refractivity contribution is 5.85. The summed E-state index contributed by atoms with van der Waals surface area (Å²) in [4.78, 5) is 25.5. The minimum Gasteiger partial charge on any atom is -0.481 e. The van der Waals surface area contributed by atoms with Crippen molar-refractivity contribution in [2.24, 2.45) is 35.3 Å². The van der Waals surface area contributed by atoms with Gasteiger partial charge in [0.2, 0.25) is 0 Å². The van der Waals surface area contributed by atoms with Crippen LogP contribution in [0.1, 0.15) is 32.1 Å². The number of hydrogen-bond donors (Lipinski definition) is 3. The van der Waals surface area contributed by atoms with Gasteiger partial charge in [0.1, 0.15) is 5.54 Å². The Bertz CT molecular complexity index is 502. The Labute approximate surface area is 129 Å². The van der Waals surface area contributed by atoms with Crippen molar-refractivity contribution in [1.82, 2.24) is 4.90 Å². The van der Waals surface area contributed by atoms with Crippen LogP contribution < -0.4 is 5.73 Å². The van der Waals surface area contributed by atoms with E-state index < -0.39 is 29.3 Å². The largest absolute Gasteiger partial charge is 0.481 e. The molecule has 0 bridgehead atoms. The molecule has 0 amide bonds. The molecule has 0 aliphatic heterocycles. The van der Waals surface area contributed by atoms with Crippen LogP contribution in [-0.2, 0) is 9.59 Å². The number of carbonyl (C=O) groups is 2. The van der Waals surface area contributed by atoms with E-state index in [2.05, 4.69) is 4.90 Å². The fraction of sp³-hybridized carbons (Fsp3) is 0.875. The third-order valence-electron chi connectivity index (χ3n) is 6.19. The lowest BCUT2D eigenvalue weighted by atomic mass is 9.89. The van der Waals surface area contributed by atoms with E-state index in [-0.39, 0.29) is 12.0 Å². The molecule has 0 aromatic rings. The van der Waals surface area contributed by atoms with Crippen LogP contribution >= 0.6 is 0 Å². The summed E-state index contributed by atoms with van der Waals surface area (Å²) in [5.41, 5.74) is 4.79. The van der Waals surface area contributed by atoms with Gasteiger partial charge in [-0.1, -0.05) is 0 Å². The second-order valence-corrected chi connectivity index (χ2v) is 7.92. The zero-order valence-electron chi connectivity index (χ0n) is 12.6. The van der Waals surface area contributed by atoms with E-state index in [4.69, 9.17) is 5.73 Å². The standard InChI is InChI=1S/C16H24N2O4/c17-16(15(21)22)5-10(11-12(13(11)16)14(19)20)18(6-8-1-2-8)7-9-3-4-9/h8-13H,1-7,17H2,(H,19,20)(H,21,22). The fourth-order valence-corrected chi connectivity index (χ4v) is 4.63. The number of rotatable bonds is 7. The van der Waals surface area contributed by atoms with E-state index in [1.54, 1.807) is 0 Å². The van der Waals surface area contributed by atoms with Gasteiger partial charge in [-0.25, -0.2) is 0 Å². The monoisotopic (exact) mass is 308 g/mol. The molecule has 4 saturated carbocycles. The lowest BCUT2D eigenvalue weighted by Crippen LogP contribution is -2.52. The molecule has 5 atom stereocenters. The van der Waals surface area contributed by atoms with Crippen molar-refractivity contribution in [1.29, 1.82) is 0 Å². The smallest absolute Gasteiger partial charge is 0.324 e. The van der Waals surface area contributed by atoms with Gasteiger partial charge in [-0.3, -0.25) is 14.5 Å². The maximum atomic E-state index is 11.6. The first-order chi connectivity index (χ1) is 10.4. The summed E-state index contributed by atoms with van der Waals surface area (Å²) >= 11 is 0. The Morgan fingerprint density at radius 3 is 2.05 bits per heavy atom. The molecule has 4 aliphatic carbocycles. The number of carboxylic acids is 2. The molecule has 6 heteroatoms. The minimum atomic E-state index is -1.36. The molecule has 22 heavy (non-hydrogen) atoms. The van der Waals surface area contributed by atoms with Crippen LogP contribution in [0.4, 0.5) is 0 Å². The van der Waals surface area contributed by atoms with Gasteiger partial charge in [-0.2, -0.15) is 0 Å². The highest BCUT2D eigenvalue weighted by Gasteiger charge is 2.74. The molecule has 0 heterocycles. The zero-order valence-corrected chi connectivity index (χ0v) is 12.6. The van der Waals surface area contributed by atoms with E-state index >= 15 is 0 Å². The Hall–Kier alpha value is -1.14. The van der Waals surface area contributed by atoms with E-state index in [0.29, 0.717) is 6.42 Å². The predicted octanol–water partition coefficient (Wildman–Crippen LogP) is 0.610. The van der Waals surface area contributed by atoms with Crippen molar-refractivity contribution < 1.29 is 19.8 Å². The number of hydrogen-bond acceptors (Lipinski definition) is 4. The molecular formula is C16H24N2O4. The maximum absolute atomic E-state index is 11.6. The van der Waals surface area contributed by atoms with Crippen LogP contribution in [0.15, 0.2) is 0 Å². The first kappa shape index (κ1) is 14.5. The Kier molecular flexibility index (Phi) is 3.07. The second kappa shape index (κ2) is 4.68. The number of carboxylic acid groups (broad SMARTS) is 2. The molecule has 0 aromatic carbocycles. The zero-order chi connectivity index (χ0) is 15.6. The molecule has 4 N–H and O–H groups in total. The van der Waals surface area contributed by atoms with Crippen molar-refractivity contribution >= 4 is 11.9 Å². The van der Waals surface area contributed by atoms with Crippen molar-refractivity contribution in [3.8, 4) is 0 Å². The molecular weight excluding hydrogens is 284 g/mol. The summed E-state index contributed by atoms with van der Waals surface area (Å²) < 4.78 is 0. The first-order valence-electron chi connectivity index (χ1n) is 8.41. The van der Waals surface area contributed by atoms with Crippen LogP contribution in [0.25, 0.3) is 0 Å². The fourth-order valence-electron chi connectivity index (χ4n) is 4.63. The van der Waals surface area contributed by atoms with Gasteiger partial charge in [-0.05, 0) is 49.9 Å². The topological polar surface area (TPSA) is 104 Å². The molecule has 4 rings (SSSR count). The molecule has 0 saturated heterocycles. The van der Waals surface area contributed by atoms with Crippen LogP contribution in [0.2, 0.25) is 0 Å². The quantitative estimate of drug-likeness (QED) is 0.636. The number of nitrogens with two attached hydrogens (primary N) is 1. The van der Waals surface area contributed by atoms with Crippen LogP contribution in [0.3, 0.4) is 0 Å². The third kappa shape index (κ3) is 2.24. The van der Waals surface area contributed by atoms with E-state index in [1.165, 1.54) is 25.7 Å². The molecule has 0 spiro atoms. The van der Waals surface area contributed by atoms with Crippen molar-refractivity contribution in [3.63, 3.8) is 0 Å². The molecule has 5 unspecified atom stereocenters. The second-order valence-electron chi connectivity index (χ2n) is 7.92. The molecule has 0 aromatic heterocycles. The summed E-state index contributed by atoms with van der Waals surface area (Å²) in [5.74, 6) is -1.51. The van der Waals surface area contributed by atoms with Gasteiger partial charge in [0.25, 0.3) is 0 Å². The SMILES string of the molecule is NC1(C(=O)O)CC(N(CC2CC2)CC2CC2)C2C(C(=O)O)C21. The normalized spacial score (nSPS) is 43.2. The van der Waals surface area contributed by atoms with E-state index in [0.717, 1.165) is 24.9 Å². The van der Waals surface area contributed by atoms with Gasteiger partial charge in [-0.15, -0.1) is 0 Å². The van der Waals surface area contributed by atoms with Crippen LogP contribution in [-0.4, -0.2) is 51.7 Å². The highest BCUT2D eigenvalue weighted by Crippen LogP contribution is 2.63. The Morgan fingerprint density at radius 2 is 1.64 bits per heavy atom. The maximum Gasteiger partial charge on any atom is 0.324 e. The summed E-state index contributed by atoms with van der Waals surface area (Å²) in [6.07, 6.45) is 5.39. The Morgan fingerprint density at radius 1 is 1.09 bits per heavy atom. The van der Waals surface area contributed by atoms with Crippen molar-refractivity contribution in [3.05, 3.63) is 0 Å². The lowest BCUT2D eigenvalue weighted by molar-refractivity contribution is -0.145. The molecule has 122 valence electrons. The third-order valence-corrected chi connectivity index (χ3v) is 6.19. The van der Waals surface area contributed by atoms with E-state index in [9.17, 15) is 19.8 Å². The summed E-state index contributed by atoms with van der Waals surface area (Å²) in [7, 11) is 0. The summed E-state index contributed by atoms with van der Waals surface area (Å²) in [6.45, 7) is 1.98. The molecule has 4 aliphatic rings. The number of fused-ring (bicyclic) bond motifs is 1. The van der Waals surface area contributed by atoms with Gasteiger partial charge in [0.15, 0.2) is 0 Å². The summed E-state index contributed by atoms with van der Waals surface area (Å²) in [6, 6.07) is 0.0356. The van der Waals surface area contributed by atoms with Crippen molar-refractivity contribution in [2.75, 3.05) is 13.1 Å². The molecule has 0 radical (unpaired) electrons. The van der Waals surface area contributed by atoms with Crippen LogP contribution in [0.5, 0.6) is 0 Å². The van der Waals surface area contributed by atoms with Gasteiger partial charge < -0.3 is 15.9 Å². The first-order valence-corrected chi connectivity index (χ1v) is 8.41. The van der Waals surface area contributed by atoms with Crippen molar-refractivity contribution in [2.45, 2.75) is 43.7 Å². The predicted molar refractivity (Wildman–Crippen MR) is 78.1 cm³/mol. The average Bonchev–Trinajstić information content (AvgIpc) is 3.30.